The number of nitrogens with zero attached hydrogens (tertiary/aromatic N) is 2. The van der Waals surface area contributed by atoms with E-state index < -0.39 is 6.10 Å². The van der Waals surface area contributed by atoms with E-state index in [1.54, 1.807) is 23.0 Å². The van der Waals surface area contributed by atoms with E-state index in [2.05, 4.69) is 5.10 Å². The molecule has 0 aliphatic carbocycles. The van der Waals surface area contributed by atoms with Crippen LogP contribution in [0.15, 0.2) is 36.5 Å². The summed E-state index contributed by atoms with van der Waals surface area (Å²) in [6.45, 7) is 2.73. The monoisotopic (exact) mass is 236 g/mol. The lowest BCUT2D eigenvalue weighted by Crippen LogP contribution is -2.08. The van der Waals surface area contributed by atoms with Gasteiger partial charge in [-0.1, -0.05) is 23.7 Å². The molecule has 1 aromatic carbocycles. The summed E-state index contributed by atoms with van der Waals surface area (Å²) in [5.74, 6) is 0. The number of aryl methyl sites for hydroxylation is 1. The first kappa shape index (κ1) is 11.2. The molecule has 2 rings (SSSR count). The number of halogens is 1. The van der Waals surface area contributed by atoms with Crippen LogP contribution in [0.1, 0.15) is 24.3 Å². The normalized spacial score (nSPS) is 12.7. The van der Waals surface area contributed by atoms with Crippen LogP contribution in [0.25, 0.3) is 0 Å². The Morgan fingerprint density at radius 1 is 1.31 bits per heavy atom. The van der Waals surface area contributed by atoms with Gasteiger partial charge in [-0.25, -0.2) is 0 Å². The van der Waals surface area contributed by atoms with Crippen molar-refractivity contribution in [3.05, 3.63) is 52.8 Å². The van der Waals surface area contributed by atoms with Gasteiger partial charge in [0, 0.05) is 17.8 Å². The molecule has 0 spiro atoms. The Morgan fingerprint density at radius 2 is 2.00 bits per heavy atom. The Labute approximate surface area is 99.3 Å². The van der Waals surface area contributed by atoms with Crippen LogP contribution in [0.4, 0.5) is 0 Å². The second-order valence-corrected chi connectivity index (χ2v) is 3.96. The molecule has 2 aromatic rings. The van der Waals surface area contributed by atoms with Crippen molar-refractivity contribution < 1.29 is 5.11 Å². The molecule has 0 radical (unpaired) electrons. The summed E-state index contributed by atoms with van der Waals surface area (Å²) in [5, 5.41) is 15.0. The van der Waals surface area contributed by atoms with E-state index >= 15 is 0 Å². The molecule has 1 unspecified atom stereocenters. The number of rotatable bonds is 3. The van der Waals surface area contributed by atoms with Crippen molar-refractivity contribution in [2.24, 2.45) is 0 Å². The molecule has 3 nitrogen and oxygen atoms in total. The minimum atomic E-state index is -0.653. The maximum Gasteiger partial charge on any atom is 0.121 e. The van der Waals surface area contributed by atoms with Gasteiger partial charge >= 0.3 is 0 Å². The quantitative estimate of drug-likeness (QED) is 0.890. The summed E-state index contributed by atoms with van der Waals surface area (Å²) in [6, 6.07) is 9.00. The molecule has 0 fully saturated rings. The van der Waals surface area contributed by atoms with Gasteiger partial charge in [0.2, 0.25) is 0 Å². The number of benzene rings is 1. The third kappa shape index (κ3) is 2.10. The topological polar surface area (TPSA) is 38.0 Å². The van der Waals surface area contributed by atoms with Gasteiger partial charge in [-0.2, -0.15) is 5.10 Å². The Balaban J connectivity index is 2.31. The van der Waals surface area contributed by atoms with Crippen LogP contribution in [0.5, 0.6) is 0 Å². The molecule has 4 heteroatoms. The zero-order chi connectivity index (χ0) is 11.5. The first-order valence-corrected chi connectivity index (χ1v) is 5.55. The molecule has 1 aromatic heterocycles. The Kier molecular flexibility index (Phi) is 3.27. The van der Waals surface area contributed by atoms with Gasteiger partial charge in [0.05, 0.1) is 5.69 Å². The summed E-state index contributed by atoms with van der Waals surface area (Å²) in [4.78, 5) is 0. The minimum absolute atomic E-state index is 0.653. The van der Waals surface area contributed by atoms with E-state index in [0.717, 1.165) is 17.8 Å². The number of aromatic nitrogens is 2. The van der Waals surface area contributed by atoms with Gasteiger partial charge in [0.15, 0.2) is 0 Å². The van der Waals surface area contributed by atoms with Crippen molar-refractivity contribution in [3.63, 3.8) is 0 Å². The van der Waals surface area contributed by atoms with Crippen LogP contribution in [-0.2, 0) is 6.54 Å². The summed E-state index contributed by atoms with van der Waals surface area (Å²) in [7, 11) is 0. The van der Waals surface area contributed by atoms with Crippen LogP contribution < -0.4 is 0 Å². The van der Waals surface area contributed by atoms with Crippen LogP contribution in [0, 0.1) is 0 Å². The van der Waals surface area contributed by atoms with Crippen molar-refractivity contribution in [2.75, 3.05) is 0 Å². The second-order valence-electron chi connectivity index (χ2n) is 3.53. The lowest BCUT2D eigenvalue weighted by atomic mass is 10.1. The van der Waals surface area contributed by atoms with Gasteiger partial charge in [0.1, 0.15) is 6.10 Å². The van der Waals surface area contributed by atoms with Gasteiger partial charge < -0.3 is 5.11 Å². The molecule has 1 atom stereocenters. The predicted octanol–water partition coefficient (Wildman–Crippen LogP) is 2.64. The fourth-order valence-electron chi connectivity index (χ4n) is 1.66. The van der Waals surface area contributed by atoms with Gasteiger partial charge in [-0.3, -0.25) is 4.68 Å². The Morgan fingerprint density at radius 3 is 2.62 bits per heavy atom. The molecule has 1 N–H and O–H groups in total. The zero-order valence-electron chi connectivity index (χ0n) is 8.97. The van der Waals surface area contributed by atoms with Crippen molar-refractivity contribution in [3.8, 4) is 0 Å². The molecule has 0 aliphatic heterocycles. The first-order chi connectivity index (χ1) is 7.72. The van der Waals surface area contributed by atoms with E-state index in [1.807, 2.05) is 25.1 Å². The highest BCUT2D eigenvalue weighted by molar-refractivity contribution is 6.30. The highest BCUT2D eigenvalue weighted by Gasteiger charge is 2.14. The standard InChI is InChI=1S/C12H13ClN2O/c1-2-15-11(7-8-14-15)12(16)9-3-5-10(13)6-4-9/h3-8,12,16H,2H2,1H3. The fraction of sp³-hybridized carbons (Fsp3) is 0.250. The average molecular weight is 237 g/mol. The maximum atomic E-state index is 10.2. The maximum absolute atomic E-state index is 10.2. The molecule has 0 saturated heterocycles. The first-order valence-electron chi connectivity index (χ1n) is 5.17. The third-order valence-electron chi connectivity index (χ3n) is 2.51. The molecule has 0 aliphatic rings. The van der Waals surface area contributed by atoms with E-state index in [9.17, 15) is 5.11 Å². The van der Waals surface area contributed by atoms with E-state index in [0.29, 0.717) is 5.02 Å². The molecule has 84 valence electrons. The van der Waals surface area contributed by atoms with E-state index in [-0.39, 0.29) is 0 Å². The predicted molar refractivity (Wildman–Crippen MR) is 63.4 cm³/mol. The van der Waals surface area contributed by atoms with Gasteiger partial charge in [-0.05, 0) is 30.7 Å². The molecule has 0 amide bonds. The lowest BCUT2D eigenvalue weighted by molar-refractivity contribution is 0.208. The second kappa shape index (κ2) is 4.68. The van der Waals surface area contributed by atoms with Crippen LogP contribution in [0.2, 0.25) is 5.02 Å². The molecular formula is C12H13ClN2O. The lowest BCUT2D eigenvalue weighted by Gasteiger charge is -2.12. The molecule has 0 bridgehead atoms. The Hall–Kier alpha value is -1.32. The fourth-order valence-corrected chi connectivity index (χ4v) is 1.78. The van der Waals surface area contributed by atoms with Crippen molar-refractivity contribution in [2.45, 2.75) is 19.6 Å². The molecule has 0 saturated carbocycles. The average Bonchev–Trinajstić information content (AvgIpc) is 2.77. The van der Waals surface area contributed by atoms with E-state index in [1.165, 1.54) is 0 Å². The summed E-state index contributed by atoms with van der Waals surface area (Å²) in [6.07, 6.45) is 1.04. The van der Waals surface area contributed by atoms with Crippen molar-refractivity contribution in [1.29, 1.82) is 0 Å². The largest absolute Gasteiger partial charge is 0.382 e. The zero-order valence-corrected chi connectivity index (χ0v) is 9.72. The Bertz CT molecular complexity index is 464. The number of aliphatic hydroxyl groups excluding tert-OH is 1. The molecular weight excluding hydrogens is 224 g/mol. The third-order valence-corrected chi connectivity index (χ3v) is 2.77. The van der Waals surface area contributed by atoms with Crippen molar-refractivity contribution in [1.82, 2.24) is 9.78 Å². The number of aliphatic hydroxyl groups is 1. The molecule has 1 heterocycles. The van der Waals surface area contributed by atoms with E-state index in [4.69, 9.17) is 11.6 Å². The number of hydrogen-bond acceptors (Lipinski definition) is 2. The van der Waals surface area contributed by atoms with Gasteiger partial charge in [-0.15, -0.1) is 0 Å². The smallest absolute Gasteiger partial charge is 0.121 e. The highest BCUT2D eigenvalue weighted by Crippen LogP contribution is 2.22. The summed E-state index contributed by atoms with van der Waals surface area (Å²) >= 11 is 5.80. The SMILES string of the molecule is CCn1nccc1C(O)c1ccc(Cl)cc1. The van der Waals surface area contributed by atoms with Crippen LogP contribution in [-0.4, -0.2) is 14.9 Å². The van der Waals surface area contributed by atoms with Crippen LogP contribution >= 0.6 is 11.6 Å². The van der Waals surface area contributed by atoms with Crippen molar-refractivity contribution >= 4 is 11.6 Å². The van der Waals surface area contributed by atoms with Crippen LogP contribution in [0.3, 0.4) is 0 Å². The summed E-state index contributed by atoms with van der Waals surface area (Å²) < 4.78 is 1.78. The summed E-state index contributed by atoms with van der Waals surface area (Å²) in [5.41, 5.74) is 1.62. The molecule has 16 heavy (non-hydrogen) atoms. The number of hydrogen-bond donors (Lipinski definition) is 1. The minimum Gasteiger partial charge on any atom is -0.382 e. The highest BCUT2D eigenvalue weighted by atomic mass is 35.5. The van der Waals surface area contributed by atoms with Gasteiger partial charge in [0.25, 0.3) is 0 Å².